The first kappa shape index (κ1) is 19.7. The van der Waals surface area contributed by atoms with E-state index in [0.717, 1.165) is 21.3 Å². The van der Waals surface area contributed by atoms with Gasteiger partial charge in [-0.1, -0.05) is 53.2 Å². The van der Waals surface area contributed by atoms with Crippen LogP contribution in [0.25, 0.3) is 15.9 Å². The summed E-state index contributed by atoms with van der Waals surface area (Å²) in [6.07, 6.45) is 0. The van der Waals surface area contributed by atoms with E-state index in [1.165, 1.54) is 4.52 Å². The second-order valence-electron chi connectivity index (χ2n) is 7.36. The zero-order valence-corrected chi connectivity index (χ0v) is 18.6. The van der Waals surface area contributed by atoms with Gasteiger partial charge >= 0.3 is 0 Å². The molecule has 0 aliphatic heterocycles. The van der Waals surface area contributed by atoms with Crippen molar-refractivity contribution >= 4 is 42.9 Å². The molecule has 0 aliphatic carbocycles. The Morgan fingerprint density at radius 1 is 1.03 bits per heavy atom. The Bertz CT molecular complexity index is 1490. The van der Waals surface area contributed by atoms with Crippen LogP contribution in [0.4, 0.5) is 5.82 Å². The van der Waals surface area contributed by atoms with E-state index >= 15 is 0 Å². The molecule has 0 unspecified atom stereocenters. The first-order valence-corrected chi connectivity index (χ1v) is 12.0. The Balaban J connectivity index is 1.67. The van der Waals surface area contributed by atoms with Crippen molar-refractivity contribution < 1.29 is 8.42 Å². The lowest BCUT2D eigenvalue weighted by molar-refractivity contribution is 0.592. The predicted octanol–water partition coefficient (Wildman–Crippen LogP) is 4.12. The summed E-state index contributed by atoms with van der Waals surface area (Å²) in [5.74, 6) is 0.698. The van der Waals surface area contributed by atoms with Crippen molar-refractivity contribution in [3.8, 4) is 0 Å². The van der Waals surface area contributed by atoms with Crippen LogP contribution in [0.2, 0.25) is 0 Å². The molecule has 3 heterocycles. The van der Waals surface area contributed by atoms with E-state index in [-0.39, 0.29) is 15.6 Å². The van der Waals surface area contributed by atoms with Crippen LogP contribution in [0.15, 0.2) is 76.0 Å². The predicted molar refractivity (Wildman–Crippen MR) is 121 cm³/mol. The van der Waals surface area contributed by atoms with Crippen molar-refractivity contribution in [2.24, 2.45) is 0 Å². The molecule has 5 rings (SSSR count). The molecule has 5 aromatic rings. The number of hydrogen-bond acceptors (Lipinski definition) is 7. The third-order valence-corrected chi connectivity index (χ3v) is 7.68. The third kappa shape index (κ3) is 3.35. The highest BCUT2D eigenvalue weighted by Gasteiger charge is 2.27. The number of fused-ring (bicyclic) bond motifs is 3. The molecule has 0 bridgehead atoms. The van der Waals surface area contributed by atoms with E-state index in [1.807, 2.05) is 60.6 Å². The smallest absolute Gasteiger partial charge is 0.229 e. The fourth-order valence-corrected chi connectivity index (χ4v) is 5.65. The van der Waals surface area contributed by atoms with Gasteiger partial charge in [0.2, 0.25) is 14.9 Å². The van der Waals surface area contributed by atoms with Gasteiger partial charge in [-0.05, 0) is 36.1 Å². The molecule has 0 saturated carbocycles. The molecule has 0 radical (unpaired) electrons. The molecule has 0 spiro atoms. The van der Waals surface area contributed by atoms with Crippen LogP contribution < -0.4 is 4.90 Å². The van der Waals surface area contributed by atoms with Gasteiger partial charge in [0, 0.05) is 13.6 Å². The fraction of sp³-hybridized carbons (Fsp3) is 0.136. The molecule has 0 atom stereocenters. The van der Waals surface area contributed by atoms with Crippen LogP contribution in [0.5, 0.6) is 0 Å². The van der Waals surface area contributed by atoms with E-state index < -0.39 is 9.84 Å². The maximum Gasteiger partial charge on any atom is 0.229 e. The van der Waals surface area contributed by atoms with Gasteiger partial charge in [0.25, 0.3) is 0 Å². The van der Waals surface area contributed by atoms with Crippen LogP contribution in [0.1, 0.15) is 11.1 Å². The summed E-state index contributed by atoms with van der Waals surface area (Å²) < 4.78 is 29.0. The zero-order valence-electron chi connectivity index (χ0n) is 16.9. The van der Waals surface area contributed by atoms with Crippen molar-refractivity contribution in [3.63, 3.8) is 0 Å². The number of nitrogens with zero attached hydrogens (tertiary/aromatic N) is 5. The maximum atomic E-state index is 13.3. The van der Waals surface area contributed by atoms with Gasteiger partial charge < -0.3 is 4.90 Å². The minimum Gasteiger partial charge on any atom is -0.354 e. The lowest BCUT2D eigenvalue weighted by atomic mass is 10.2. The molecule has 31 heavy (non-hydrogen) atoms. The molecule has 0 aliphatic rings. The SMILES string of the molecule is Cc1ccc(S(=O)(=O)c2nnn3c2nc(N(C)Cc2ccccc2)c2sccc23)cc1. The van der Waals surface area contributed by atoms with E-state index in [0.29, 0.717) is 12.4 Å². The van der Waals surface area contributed by atoms with E-state index in [1.54, 1.807) is 35.6 Å². The standard InChI is InChI=1S/C22H19N5O2S2/c1-15-8-10-17(11-9-15)31(28,29)22-21-23-20(26(2)14-16-6-4-3-5-7-16)19-18(12-13-30-19)27(21)25-24-22/h3-13H,14H2,1-2H3. The first-order chi connectivity index (χ1) is 14.9. The Morgan fingerprint density at radius 3 is 2.52 bits per heavy atom. The topological polar surface area (TPSA) is 80.5 Å². The lowest BCUT2D eigenvalue weighted by Crippen LogP contribution is -2.18. The number of thiophene rings is 1. The molecule has 9 heteroatoms. The van der Waals surface area contributed by atoms with E-state index in [9.17, 15) is 8.42 Å². The van der Waals surface area contributed by atoms with Crippen molar-refractivity contribution in [2.45, 2.75) is 23.4 Å². The molecule has 2 aromatic carbocycles. The van der Waals surface area contributed by atoms with Gasteiger partial charge in [0.1, 0.15) is 0 Å². The molecular weight excluding hydrogens is 430 g/mol. The average Bonchev–Trinajstić information content (AvgIpc) is 3.41. The Kier molecular flexibility index (Phi) is 4.71. The number of benzene rings is 2. The minimum atomic E-state index is -3.86. The molecule has 0 N–H and O–H groups in total. The number of hydrogen-bond donors (Lipinski definition) is 0. The van der Waals surface area contributed by atoms with Crippen LogP contribution in [-0.4, -0.2) is 35.3 Å². The quantitative estimate of drug-likeness (QED) is 0.402. The average molecular weight is 450 g/mol. The maximum absolute atomic E-state index is 13.3. The Hall–Kier alpha value is -3.30. The van der Waals surface area contributed by atoms with Crippen LogP contribution in [0, 0.1) is 6.92 Å². The van der Waals surface area contributed by atoms with Crippen LogP contribution in [0.3, 0.4) is 0 Å². The largest absolute Gasteiger partial charge is 0.354 e. The number of rotatable bonds is 5. The molecule has 156 valence electrons. The van der Waals surface area contributed by atoms with Gasteiger partial charge in [-0.25, -0.2) is 13.4 Å². The molecule has 0 saturated heterocycles. The Labute approximate surface area is 183 Å². The second-order valence-corrected chi connectivity index (χ2v) is 10.1. The molecule has 0 fully saturated rings. The zero-order chi connectivity index (χ0) is 21.6. The highest BCUT2D eigenvalue weighted by atomic mass is 32.2. The minimum absolute atomic E-state index is 0.140. The molecule has 7 nitrogen and oxygen atoms in total. The van der Waals surface area contributed by atoms with Gasteiger partial charge in [-0.15, -0.1) is 16.4 Å². The van der Waals surface area contributed by atoms with Crippen LogP contribution in [-0.2, 0) is 16.4 Å². The number of aryl methyl sites for hydroxylation is 1. The summed E-state index contributed by atoms with van der Waals surface area (Å²) in [4.78, 5) is 6.93. The van der Waals surface area contributed by atoms with Crippen molar-refractivity contribution in [1.29, 1.82) is 0 Å². The summed E-state index contributed by atoms with van der Waals surface area (Å²) in [5, 5.41) is 9.96. The van der Waals surface area contributed by atoms with Gasteiger partial charge in [0.15, 0.2) is 11.5 Å². The third-order valence-electron chi connectivity index (χ3n) is 5.11. The van der Waals surface area contributed by atoms with Crippen LogP contribution >= 0.6 is 11.3 Å². The lowest BCUT2D eigenvalue weighted by Gasteiger charge is -2.19. The highest BCUT2D eigenvalue weighted by Crippen LogP contribution is 2.33. The van der Waals surface area contributed by atoms with Crippen molar-refractivity contribution in [2.75, 3.05) is 11.9 Å². The van der Waals surface area contributed by atoms with Gasteiger partial charge in [-0.3, -0.25) is 0 Å². The summed E-state index contributed by atoms with van der Waals surface area (Å²) in [6.45, 7) is 2.55. The van der Waals surface area contributed by atoms with Crippen molar-refractivity contribution in [1.82, 2.24) is 19.8 Å². The number of anilines is 1. The van der Waals surface area contributed by atoms with Gasteiger partial charge in [-0.2, -0.15) is 4.52 Å². The summed E-state index contributed by atoms with van der Waals surface area (Å²) in [5.41, 5.74) is 3.12. The Morgan fingerprint density at radius 2 is 1.77 bits per heavy atom. The van der Waals surface area contributed by atoms with Crippen molar-refractivity contribution in [3.05, 3.63) is 77.2 Å². The normalized spacial score (nSPS) is 11.9. The summed E-state index contributed by atoms with van der Waals surface area (Å²) >= 11 is 1.54. The van der Waals surface area contributed by atoms with E-state index in [4.69, 9.17) is 4.98 Å². The molecule has 3 aromatic heterocycles. The van der Waals surface area contributed by atoms with E-state index in [2.05, 4.69) is 10.3 Å². The monoisotopic (exact) mass is 449 g/mol. The second kappa shape index (κ2) is 7.44. The molecular formula is C22H19N5O2S2. The molecule has 0 amide bonds. The number of sulfone groups is 1. The van der Waals surface area contributed by atoms with Gasteiger partial charge in [0.05, 0.1) is 15.1 Å². The summed E-state index contributed by atoms with van der Waals surface area (Å²) in [6, 6.07) is 18.7. The highest BCUT2D eigenvalue weighted by molar-refractivity contribution is 7.91. The summed E-state index contributed by atoms with van der Waals surface area (Å²) in [7, 11) is -1.92. The first-order valence-electron chi connectivity index (χ1n) is 9.64. The fourth-order valence-electron chi connectivity index (χ4n) is 3.50. The number of aromatic nitrogens is 4.